The van der Waals surface area contributed by atoms with Gasteiger partial charge >= 0.3 is 0 Å². The van der Waals surface area contributed by atoms with Crippen molar-refractivity contribution in [3.05, 3.63) is 83.9 Å². The van der Waals surface area contributed by atoms with Gasteiger partial charge in [0.05, 0.1) is 28.4 Å². The van der Waals surface area contributed by atoms with Crippen molar-refractivity contribution in [2.24, 2.45) is 5.92 Å². The third-order valence-corrected chi connectivity index (χ3v) is 7.48. The third kappa shape index (κ3) is 4.97. The molecule has 0 saturated carbocycles. The van der Waals surface area contributed by atoms with Crippen LogP contribution in [-0.4, -0.2) is 41.4 Å². The Balaban J connectivity index is 1.44. The Kier molecular flexibility index (Phi) is 7.00. The molecule has 2 heterocycles. The fourth-order valence-electron chi connectivity index (χ4n) is 4.57. The number of ether oxygens (including phenoxy) is 1. The second kappa shape index (κ2) is 10.5. The molecule has 1 atom stereocenters. The summed E-state index contributed by atoms with van der Waals surface area (Å²) in [6, 6.07) is 23.0. The number of aromatic nitrogens is 1. The van der Waals surface area contributed by atoms with E-state index in [2.05, 4.69) is 0 Å². The smallest absolute Gasteiger partial charge is 0.253 e. The van der Waals surface area contributed by atoms with Gasteiger partial charge in [-0.25, -0.2) is 4.98 Å². The van der Waals surface area contributed by atoms with Gasteiger partial charge in [-0.05, 0) is 75.2 Å². The molecule has 5 rings (SSSR count). The highest BCUT2D eigenvalue weighted by atomic mass is 32.1. The van der Waals surface area contributed by atoms with Crippen molar-refractivity contribution in [3.8, 4) is 5.75 Å². The minimum atomic E-state index is -0.313. The minimum absolute atomic E-state index is 0.0277. The van der Waals surface area contributed by atoms with Gasteiger partial charge in [0.15, 0.2) is 5.13 Å². The zero-order valence-electron chi connectivity index (χ0n) is 20.5. The van der Waals surface area contributed by atoms with E-state index in [4.69, 9.17) is 9.72 Å². The van der Waals surface area contributed by atoms with Crippen LogP contribution in [0.1, 0.15) is 35.7 Å². The van der Waals surface area contributed by atoms with Gasteiger partial charge in [-0.1, -0.05) is 41.2 Å². The number of nitrogens with zero attached hydrogens (tertiary/aromatic N) is 3. The van der Waals surface area contributed by atoms with Gasteiger partial charge in [0.25, 0.3) is 5.91 Å². The molecular weight excluding hydrogens is 470 g/mol. The fraction of sp³-hybridized carbons (Fsp3) is 0.276. The number of piperidine rings is 1. The van der Waals surface area contributed by atoms with Crippen LogP contribution in [0.4, 0.5) is 10.8 Å². The number of aryl methyl sites for hydroxylation is 1. The zero-order chi connectivity index (χ0) is 25.1. The largest absolute Gasteiger partial charge is 0.494 e. The van der Waals surface area contributed by atoms with Crippen LogP contribution in [0.2, 0.25) is 0 Å². The maximum absolute atomic E-state index is 14.1. The molecule has 1 aliphatic heterocycles. The van der Waals surface area contributed by atoms with Gasteiger partial charge in [-0.2, -0.15) is 0 Å². The van der Waals surface area contributed by atoms with E-state index >= 15 is 0 Å². The predicted octanol–water partition coefficient (Wildman–Crippen LogP) is 6.22. The van der Waals surface area contributed by atoms with Gasteiger partial charge in [0.2, 0.25) is 5.91 Å². The number of amides is 2. The van der Waals surface area contributed by atoms with Crippen molar-refractivity contribution in [2.75, 3.05) is 24.6 Å². The first-order chi connectivity index (χ1) is 17.5. The highest BCUT2D eigenvalue weighted by Crippen LogP contribution is 2.36. The molecule has 0 bridgehead atoms. The van der Waals surface area contributed by atoms with E-state index in [0.29, 0.717) is 30.4 Å². The van der Waals surface area contributed by atoms with Crippen LogP contribution in [-0.2, 0) is 4.79 Å². The Bertz CT molecular complexity index is 1330. The first-order valence-corrected chi connectivity index (χ1v) is 13.1. The molecule has 3 aromatic carbocycles. The quantitative estimate of drug-likeness (QED) is 0.316. The Morgan fingerprint density at radius 3 is 2.53 bits per heavy atom. The number of benzene rings is 3. The van der Waals surface area contributed by atoms with Crippen LogP contribution >= 0.6 is 11.3 Å². The lowest BCUT2D eigenvalue weighted by Crippen LogP contribution is -2.45. The number of para-hydroxylation sites is 1. The molecule has 2 amide bonds. The summed E-state index contributed by atoms with van der Waals surface area (Å²) in [6.45, 7) is 5.57. The summed E-state index contributed by atoms with van der Waals surface area (Å²) in [5.41, 5.74) is 3.37. The molecule has 36 heavy (non-hydrogen) atoms. The van der Waals surface area contributed by atoms with Crippen molar-refractivity contribution in [1.82, 2.24) is 9.88 Å². The molecule has 0 spiro atoms. The summed E-state index contributed by atoms with van der Waals surface area (Å²) < 4.78 is 6.62. The molecule has 4 aromatic rings. The molecule has 184 valence electrons. The maximum atomic E-state index is 14.1. The van der Waals surface area contributed by atoms with Gasteiger partial charge in [-0.15, -0.1) is 0 Å². The number of hydrogen-bond acceptors (Lipinski definition) is 5. The van der Waals surface area contributed by atoms with E-state index in [1.54, 1.807) is 4.90 Å². The highest BCUT2D eigenvalue weighted by Gasteiger charge is 2.34. The summed E-state index contributed by atoms with van der Waals surface area (Å²) in [5.74, 6) is 0.372. The van der Waals surface area contributed by atoms with Crippen LogP contribution in [0, 0.1) is 12.8 Å². The predicted molar refractivity (Wildman–Crippen MR) is 144 cm³/mol. The third-order valence-electron chi connectivity index (χ3n) is 6.46. The molecule has 0 radical (unpaired) electrons. The maximum Gasteiger partial charge on any atom is 0.253 e. The zero-order valence-corrected chi connectivity index (χ0v) is 21.3. The van der Waals surface area contributed by atoms with Crippen molar-refractivity contribution in [1.29, 1.82) is 0 Å². The fourth-order valence-corrected chi connectivity index (χ4v) is 5.56. The van der Waals surface area contributed by atoms with E-state index in [1.165, 1.54) is 11.3 Å². The number of carbonyl (C=O) groups excluding carboxylic acids is 2. The van der Waals surface area contributed by atoms with Gasteiger partial charge in [-0.3, -0.25) is 14.5 Å². The lowest BCUT2D eigenvalue weighted by Gasteiger charge is -2.34. The van der Waals surface area contributed by atoms with E-state index in [-0.39, 0.29) is 17.7 Å². The molecule has 1 aromatic heterocycles. The normalized spacial score (nSPS) is 15.6. The molecule has 6 nitrogen and oxygen atoms in total. The number of thiazole rings is 1. The summed E-state index contributed by atoms with van der Waals surface area (Å²) >= 11 is 1.49. The monoisotopic (exact) mass is 499 g/mol. The molecule has 7 heteroatoms. The van der Waals surface area contributed by atoms with Gasteiger partial charge < -0.3 is 9.64 Å². The van der Waals surface area contributed by atoms with Crippen LogP contribution in [0.15, 0.2) is 72.8 Å². The molecular formula is C29H29N3O3S. The number of fused-ring (bicyclic) bond motifs is 1. The van der Waals surface area contributed by atoms with Crippen molar-refractivity contribution >= 4 is 44.2 Å². The Morgan fingerprint density at radius 2 is 1.81 bits per heavy atom. The molecule has 1 unspecified atom stereocenters. The van der Waals surface area contributed by atoms with Gasteiger partial charge in [0.1, 0.15) is 5.75 Å². The van der Waals surface area contributed by atoms with E-state index in [0.717, 1.165) is 40.1 Å². The lowest BCUT2D eigenvalue weighted by molar-refractivity contribution is -0.122. The topological polar surface area (TPSA) is 62.7 Å². The summed E-state index contributed by atoms with van der Waals surface area (Å²) in [6.07, 6.45) is 1.51. The molecule has 0 aliphatic carbocycles. The standard InChI is InChI=1S/C29H29N3O3S/c1-3-35-24-16-14-23(15-17-24)32(29-30-25-8-4-5-9-26(25)36-29)28(34)22-7-6-18-31(19-22)27(33)21-12-10-20(2)11-13-21/h4-5,8-17,22H,3,6-7,18-19H2,1-2H3. The second-order valence-electron chi connectivity index (χ2n) is 9.02. The molecule has 1 fully saturated rings. The van der Waals surface area contributed by atoms with E-state index in [9.17, 15) is 9.59 Å². The lowest BCUT2D eigenvalue weighted by atomic mass is 9.95. The summed E-state index contributed by atoms with van der Waals surface area (Å²) in [5, 5.41) is 0.632. The molecule has 0 N–H and O–H groups in total. The van der Waals surface area contributed by atoms with Crippen LogP contribution in [0.25, 0.3) is 10.2 Å². The number of rotatable bonds is 6. The van der Waals surface area contributed by atoms with Crippen LogP contribution in [0.3, 0.4) is 0 Å². The first kappa shape index (κ1) is 24.0. The summed E-state index contributed by atoms with van der Waals surface area (Å²) in [4.78, 5) is 35.6. The van der Waals surface area contributed by atoms with Crippen LogP contribution in [0.5, 0.6) is 5.75 Å². The average molecular weight is 500 g/mol. The Labute approximate surface area is 215 Å². The molecule has 1 aliphatic rings. The number of likely N-dealkylation sites (tertiary alicyclic amines) is 1. The molecule has 1 saturated heterocycles. The van der Waals surface area contributed by atoms with Crippen molar-refractivity contribution < 1.29 is 14.3 Å². The second-order valence-corrected chi connectivity index (χ2v) is 10.0. The van der Waals surface area contributed by atoms with Crippen LogP contribution < -0.4 is 9.64 Å². The van der Waals surface area contributed by atoms with E-state index in [1.807, 2.05) is 91.5 Å². The van der Waals surface area contributed by atoms with E-state index < -0.39 is 0 Å². The van der Waals surface area contributed by atoms with Crippen molar-refractivity contribution in [2.45, 2.75) is 26.7 Å². The van der Waals surface area contributed by atoms with Gasteiger partial charge in [0, 0.05) is 18.7 Å². The first-order valence-electron chi connectivity index (χ1n) is 12.3. The highest BCUT2D eigenvalue weighted by molar-refractivity contribution is 7.22. The number of hydrogen-bond donors (Lipinski definition) is 0. The SMILES string of the molecule is CCOc1ccc(N(C(=O)C2CCCN(C(=O)c3ccc(C)cc3)C2)c2nc3ccccc3s2)cc1. The minimum Gasteiger partial charge on any atom is -0.494 e. The Morgan fingerprint density at radius 1 is 1.06 bits per heavy atom. The number of anilines is 2. The van der Waals surface area contributed by atoms with Crippen molar-refractivity contribution in [3.63, 3.8) is 0 Å². The average Bonchev–Trinajstić information content (AvgIpc) is 3.34. The number of carbonyl (C=O) groups is 2. The Hall–Kier alpha value is -3.71. The summed E-state index contributed by atoms with van der Waals surface area (Å²) in [7, 11) is 0.